The molecule has 0 aromatic heterocycles. The summed E-state index contributed by atoms with van der Waals surface area (Å²) in [6.45, 7) is 5.16. The number of carbonyl (C=O) groups excluding carboxylic acids is 3. The van der Waals surface area contributed by atoms with E-state index in [1.54, 1.807) is 41.0 Å². The normalized spacial score (nSPS) is 14.3. The van der Waals surface area contributed by atoms with E-state index in [-0.39, 0.29) is 12.0 Å². The molecule has 124 valence electrons. The molecule has 7 heteroatoms. The fraction of sp³-hybridized carbons (Fsp3) is 0.438. The van der Waals surface area contributed by atoms with Gasteiger partial charge in [-0.3, -0.25) is 9.59 Å². The Morgan fingerprint density at radius 2 is 1.74 bits per heavy atom. The van der Waals surface area contributed by atoms with Crippen LogP contribution in [0.4, 0.5) is 4.79 Å². The third-order valence-electron chi connectivity index (χ3n) is 3.44. The van der Waals surface area contributed by atoms with Crippen LogP contribution in [-0.4, -0.2) is 60.6 Å². The van der Waals surface area contributed by atoms with E-state index < -0.39 is 5.97 Å². The van der Waals surface area contributed by atoms with Gasteiger partial charge in [-0.15, -0.1) is 0 Å². The lowest BCUT2D eigenvalue weighted by Crippen LogP contribution is -2.50. The van der Waals surface area contributed by atoms with Crippen LogP contribution in [0.2, 0.25) is 0 Å². The topological polar surface area (TPSA) is 76.2 Å². The van der Waals surface area contributed by atoms with E-state index in [1.165, 1.54) is 6.92 Å². The molecule has 1 aromatic rings. The van der Waals surface area contributed by atoms with Gasteiger partial charge in [0.2, 0.25) is 0 Å². The Morgan fingerprint density at radius 1 is 1.09 bits per heavy atom. The number of esters is 1. The number of hydrogen-bond acceptors (Lipinski definition) is 5. The monoisotopic (exact) mass is 320 g/mol. The van der Waals surface area contributed by atoms with E-state index in [2.05, 4.69) is 0 Å². The number of rotatable bonds is 3. The molecule has 0 bridgehead atoms. The predicted octanol–water partition coefficient (Wildman–Crippen LogP) is 1.53. The first-order valence-electron chi connectivity index (χ1n) is 7.50. The number of amides is 2. The van der Waals surface area contributed by atoms with Crippen molar-refractivity contribution in [3.63, 3.8) is 0 Å². The number of benzene rings is 1. The van der Waals surface area contributed by atoms with Crippen LogP contribution in [0.15, 0.2) is 24.3 Å². The largest absolute Gasteiger partial charge is 0.450 e. The minimum Gasteiger partial charge on any atom is -0.450 e. The number of nitrogens with zero attached hydrogens (tertiary/aromatic N) is 2. The summed E-state index contributed by atoms with van der Waals surface area (Å²) in [4.78, 5) is 38.4. The molecule has 1 saturated heterocycles. The van der Waals surface area contributed by atoms with Crippen LogP contribution < -0.4 is 4.74 Å². The summed E-state index contributed by atoms with van der Waals surface area (Å²) in [5, 5.41) is 0. The van der Waals surface area contributed by atoms with Gasteiger partial charge in [-0.1, -0.05) is 6.07 Å². The summed E-state index contributed by atoms with van der Waals surface area (Å²) < 4.78 is 9.94. The standard InChI is InChI=1S/C16H20N2O5/c1-3-22-16(21)18-9-7-17(8-10-18)15(20)13-5-4-6-14(11-13)23-12(2)19/h4-6,11H,3,7-10H2,1-2H3. The third-order valence-corrected chi connectivity index (χ3v) is 3.44. The van der Waals surface area contributed by atoms with Crippen LogP contribution >= 0.6 is 0 Å². The van der Waals surface area contributed by atoms with Crippen molar-refractivity contribution in [1.82, 2.24) is 9.80 Å². The zero-order chi connectivity index (χ0) is 16.8. The molecule has 0 N–H and O–H groups in total. The van der Waals surface area contributed by atoms with Crippen LogP contribution in [0.25, 0.3) is 0 Å². The molecule has 2 rings (SSSR count). The summed E-state index contributed by atoms with van der Waals surface area (Å²) in [6, 6.07) is 6.51. The molecule has 2 amide bonds. The molecule has 1 aromatic carbocycles. The molecular weight excluding hydrogens is 300 g/mol. The highest BCUT2D eigenvalue weighted by atomic mass is 16.6. The molecule has 0 saturated carbocycles. The summed E-state index contributed by atoms with van der Waals surface area (Å²) in [5.74, 6) is -0.242. The van der Waals surface area contributed by atoms with E-state index >= 15 is 0 Å². The van der Waals surface area contributed by atoms with Gasteiger partial charge in [-0.2, -0.15) is 0 Å². The first-order chi connectivity index (χ1) is 11.0. The van der Waals surface area contributed by atoms with Crippen molar-refractivity contribution in [3.05, 3.63) is 29.8 Å². The van der Waals surface area contributed by atoms with Crippen molar-refractivity contribution in [2.45, 2.75) is 13.8 Å². The lowest BCUT2D eigenvalue weighted by molar-refractivity contribution is -0.131. The highest BCUT2D eigenvalue weighted by molar-refractivity contribution is 5.95. The lowest BCUT2D eigenvalue weighted by atomic mass is 10.1. The number of piperazine rings is 1. The summed E-state index contributed by atoms with van der Waals surface area (Å²) >= 11 is 0. The fourth-order valence-corrected chi connectivity index (χ4v) is 2.35. The second-order valence-electron chi connectivity index (χ2n) is 5.10. The van der Waals surface area contributed by atoms with Crippen LogP contribution in [0.1, 0.15) is 24.2 Å². The maximum absolute atomic E-state index is 12.5. The van der Waals surface area contributed by atoms with Crippen molar-refractivity contribution >= 4 is 18.0 Å². The van der Waals surface area contributed by atoms with Crippen LogP contribution in [0, 0.1) is 0 Å². The van der Waals surface area contributed by atoms with E-state index in [9.17, 15) is 14.4 Å². The second-order valence-corrected chi connectivity index (χ2v) is 5.10. The molecule has 1 aliphatic heterocycles. The van der Waals surface area contributed by atoms with Gasteiger partial charge in [-0.05, 0) is 25.1 Å². The number of carbonyl (C=O) groups is 3. The van der Waals surface area contributed by atoms with Crippen LogP contribution in [0.5, 0.6) is 5.75 Å². The average molecular weight is 320 g/mol. The predicted molar refractivity (Wildman–Crippen MR) is 82.2 cm³/mol. The van der Waals surface area contributed by atoms with E-state index in [1.807, 2.05) is 0 Å². The summed E-state index contributed by atoms with van der Waals surface area (Å²) in [7, 11) is 0. The van der Waals surface area contributed by atoms with Gasteiger partial charge in [0.15, 0.2) is 0 Å². The second kappa shape index (κ2) is 7.62. The zero-order valence-corrected chi connectivity index (χ0v) is 13.3. The Balaban J connectivity index is 1.97. The van der Waals surface area contributed by atoms with Crippen molar-refractivity contribution in [2.75, 3.05) is 32.8 Å². The first-order valence-corrected chi connectivity index (χ1v) is 7.50. The average Bonchev–Trinajstić information content (AvgIpc) is 2.54. The summed E-state index contributed by atoms with van der Waals surface area (Å²) in [6.07, 6.45) is -0.351. The van der Waals surface area contributed by atoms with Gasteiger partial charge in [0, 0.05) is 38.7 Å². The Morgan fingerprint density at radius 3 is 2.35 bits per heavy atom. The van der Waals surface area contributed by atoms with Crippen molar-refractivity contribution < 1.29 is 23.9 Å². The fourth-order valence-electron chi connectivity index (χ4n) is 2.35. The molecule has 23 heavy (non-hydrogen) atoms. The maximum atomic E-state index is 12.5. The smallest absolute Gasteiger partial charge is 0.409 e. The van der Waals surface area contributed by atoms with Gasteiger partial charge < -0.3 is 19.3 Å². The summed E-state index contributed by atoms with van der Waals surface area (Å²) in [5.41, 5.74) is 0.452. The van der Waals surface area contributed by atoms with E-state index in [4.69, 9.17) is 9.47 Å². The quantitative estimate of drug-likeness (QED) is 0.623. The first kappa shape index (κ1) is 16.8. The molecule has 1 aliphatic rings. The lowest BCUT2D eigenvalue weighted by Gasteiger charge is -2.34. The molecule has 0 atom stereocenters. The van der Waals surface area contributed by atoms with Gasteiger partial charge in [-0.25, -0.2) is 4.79 Å². The molecule has 0 radical (unpaired) electrons. The molecular formula is C16H20N2O5. The minimum absolute atomic E-state index is 0.150. The molecule has 0 unspecified atom stereocenters. The van der Waals surface area contributed by atoms with Crippen LogP contribution in [0.3, 0.4) is 0 Å². The molecule has 0 spiro atoms. The maximum Gasteiger partial charge on any atom is 0.409 e. The SMILES string of the molecule is CCOC(=O)N1CCN(C(=O)c2cccc(OC(C)=O)c2)CC1. The van der Waals surface area contributed by atoms with Gasteiger partial charge >= 0.3 is 12.1 Å². The zero-order valence-electron chi connectivity index (χ0n) is 13.3. The van der Waals surface area contributed by atoms with Crippen molar-refractivity contribution in [2.24, 2.45) is 0 Å². The number of hydrogen-bond donors (Lipinski definition) is 0. The van der Waals surface area contributed by atoms with E-state index in [0.717, 1.165) is 0 Å². The molecule has 1 fully saturated rings. The van der Waals surface area contributed by atoms with Crippen LogP contribution in [-0.2, 0) is 9.53 Å². The van der Waals surface area contributed by atoms with Crippen molar-refractivity contribution in [3.8, 4) is 5.75 Å². The van der Waals surface area contributed by atoms with Gasteiger partial charge in [0.05, 0.1) is 6.61 Å². The van der Waals surface area contributed by atoms with Crippen molar-refractivity contribution in [1.29, 1.82) is 0 Å². The van der Waals surface area contributed by atoms with Gasteiger partial charge in [0.1, 0.15) is 5.75 Å². The molecule has 7 nitrogen and oxygen atoms in total. The molecule has 0 aliphatic carbocycles. The van der Waals surface area contributed by atoms with E-state index in [0.29, 0.717) is 44.1 Å². The van der Waals surface area contributed by atoms with Gasteiger partial charge in [0.25, 0.3) is 5.91 Å². The highest BCUT2D eigenvalue weighted by Crippen LogP contribution is 2.16. The highest BCUT2D eigenvalue weighted by Gasteiger charge is 2.25. The number of ether oxygens (including phenoxy) is 2. The Labute approximate surface area is 134 Å². The third kappa shape index (κ3) is 4.45. The Hall–Kier alpha value is -2.57. The Bertz CT molecular complexity index is 594. The minimum atomic E-state index is -0.433. The molecule has 1 heterocycles. The Kier molecular flexibility index (Phi) is 5.56.